The zero-order valence-electron chi connectivity index (χ0n) is 10.0. The molecule has 0 aliphatic carbocycles. The number of phosphoric acid groups is 1. The van der Waals surface area contributed by atoms with Gasteiger partial charge in [-0.3, -0.25) is 0 Å². The summed E-state index contributed by atoms with van der Waals surface area (Å²) in [5.74, 6) is 0. The average molecular weight is 254 g/mol. The molecule has 1 aromatic carbocycles. The van der Waals surface area contributed by atoms with Gasteiger partial charge in [0.05, 0.1) is 0 Å². The summed E-state index contributed by atoms with van der Waals surface area (Å²) in [5.41, 5.74) is 1.73. The molecule has 3 N–H and O–H groups in total. The number of hydrogen-bond acceptors (Lipinski definition) is 1. The molecule has 0 saturated heterocycles. The molecule has 0 saturated carbocycles. The minimum atomic E-state index is -4.64. The van der Waals surface area contributed by atoms with Gasteiger partial charge in [-0.1, -0.05) is 0 Å². The van der Waals surface area contributed by atoms with Crippen molar-refractivity contribution in [3.8, 4) is 0 Å². The monoisotopic (exact) mass is 254 g/mol. The predicted octanol–water partition coefficient (Wildman–Crippen LogP) is 0.849. The van der Waals surface area contributed by atoms with Gasteiger partial charge in [0.1, 0.15) is 0 Å². The van der Waals surface area contributed by atoms with E-state index in [1.165, 1.54) is 8.38 Å². The van der Waals surface area contributed by atoms with Crippen LogP contribution in [0.15, 0.2) is 24.3 Å². The minimum absolute atomic E-state index is 0.301. The average Bonchev–Trinajstić information content (AvgIpc) is 1.99. The fourth-order valence-corrected chi connectivity index (χ4v) is 1.39. The van der Waals surface area contributed by atoms with Crippen molar-refractivity contribution in [2.75, 3.05) is 0 Å². The van der Waals surface area contributed by atoms with Crippen LogP contribution in [0, 0.1) is 0 Å². The van der Waals surface area contributed by atoms with Crippen LogP contribution in [0.25, 0.3) is 0 Å². The molecule has 0 radical (unpaired) electrons. The van der Waals surface area contributed by atoms with Gasteiger partial charge in [-0.25, -0.2) is 4.57 Å². The van der Waals surface area contributed by atoms with Crippen LogP contribution in [0.3, 0.4) is 0 Å². The van der Waals surface area contributed by atoms with E-state index >= 15 is 0 Å². The van der Waals surface area contributed by atoms with Crippen molar-refractivity contribution in [3.63, 3.8) is 0 Å². The van der Waals surface area contributed by atoms with Crippen LogP contribution in [0.2, 0.25) is 0 Å². The van der Waals surface area contributed by atoms with E-state index in [2.05, 4.69) is 45.0 Å². The van der Waals surface area contributed by atoms with Gasteiger partial charge < -0.3 is 14.7 Å². The Balaban J connectivity index is 0.000000385. The van der Waals surface area contributed by atoms with E-state index in [0.717, 1.165) is 27.9 Å². The van der Waals surface area contributed by atoms with E-state index in [1.807, 2.05) is 0 Å². The Hall–Kier alpha value is 0.330. The van der Waals surface area contributed by atoms with Gasteiger partial charge in [-0.05, 0) is 0 Å². The SMILES string of the molecule is CC(C)(C)c1cc[c]([Na])cc1.O=P(O)(O)O. The van der Waals surface area contributed by atoms with Gasteiger partial charge in [0.2, 0.25) is 0 Å². The van der Waals surface area contributed by atoms with Crippen molar-refractivity contribution in [1.29, 1.82) is 0 Å². The van der Waals surface area contributed by atoms with E-state index in [4.69, 9.17) is 19.2 Å². The van der Waals surface area contributed by atoms with Crippen LogP contribution in [-0.4, -0.2) is 42.6 Å². The largest absolute Gasteiger partial charge is 0.466 e. The Morgan fingerprint density at radius 3 is 1.62 bits per heavy atom. The summed E-state index contributed by atoms with van der Waals surface area (Å²) in [5, 5.41) is 0. The second kappa shape index (κ2) is 6.31. The first-order valence-electron chi connectivity index (χ1n) is 4.85. The molecule has 0 unspecified atom stereocenters. The molecule has 0 heterocycles. The number of rotatable bonds is 0. The third-order valence-corrected chi connectivity index (χ3v) is 2.58. The molecule has 6 heteroatoms. The van der Waals surface area contributed by atoms with Crippen LogP contribution in [0.4, 0.5) is 0 Å². The van der Waals surface area contributed by atoms with Gasteiger partial charge in [0.25, 0.3) is 0 Å². The van der Waals surface area contributed by atoms with E-state index < -0.39 is 7.82 Å². The fourth-order valence-electron chi connectivity index (χ4n) is 1.05. The second-order valence-electron chi connectivity index (χ2n) is 4.63. The minimum Gasteiger partial charge on any atom is -0.303 e. The van der Waals surface area contributed by atoms with Crippen LogP contribution in [0.1, 0.15) is 26.3 Å². The zero-order valence-corrected chi connectivity index (χ0v) is 12.9. The maximum absolute atomic E-state index is 8.88. The van der Waals surface area contributed by atoms with E-state index in [1.54, 1.807) is 0 Å². The summed E-state index contributed by atoms with van der Waals surface area (Å²) >= 11 is 1.16. The van der Waals surface area contributed by atoms with Crippen molar-refractivity contribution >= 4 is 38.6 Å². The molecule has 0 aromatic heterocycles. The smallest absolute Gasteiger partial charge is 0.303 e. The van der Waals surface area contributed by atoms with Crippen LogP contribution in [-0.2, 0) is 9.98 Å². The maximum Gasteiger partial charge on any atom is 0.466 e. The molecule has 0 spiro atoms. The molecule has 0 bridgehead atoms. The Kier molecular flexibility index (Phi) is 6.44. The molecule has 1 aromatic rings. The maximum atomic E-state index is 8.88. The third kappa shape index (κ3) is 9.55. The first-order valence-corrected chi connectivity index (χ1v) is 7.42. The Morgan fingerprint density at radius 1 is 1.06 bits per heavy atom. The summed E-state index contributed by atoms with van der Waals surface area (Å²) in [6, 6.07) is 8.93. The van der Waals surface area contributed by atoms with E-state index in [9.17, 15) is 0 Å². The quantitative estimate of drug-likeness (QED) is 0.474. The predicted molar refractivity (Wildman–Crippen MR) is 64.8 cm³/mol. The summed E-state index contributed by atoms with van der Waals surface area (Å²) < 4.78 is 10.4. The number of benzene rings is 1. The van der Waals surface area contributed by atoms with Crippen molar-refractivity contribution in [2.24, 2.45) is 0 Å². The molecule has 16 heavy (non-hydrogen) atoms. The van der Waals surface area contributed by atoms with Crippen molar-refractivity contribution in [3.05, 3.63) is 29.8 Å². The Labute approximate surface area is 113 Å². The molecular formula is C10H16NaO4P. The molecule has 0 aliphatic heterocycles. The summed E-state index contributed by atoms with van der Waals surface area (Å²) in [6.07, 6.45) is 0. The van der Waals surface area contributed by atoms with E-state index in [0.29, 0.717) is 5.41 Å². The topological polar surface area (TPSA) is 77.8 Å². The van der Waals surface area contributed by atoms with Crippen molar-refractivity contribution < 1.29 is 19.2 Å². The Morgan fingerprint density at radius 2 is 1.38 bits per heavy atom. The van der Waals surface area contributed by atoms with Crippen LogP contribution >= 0.6 is 7.82 Å². The molecular weight excluding hydrogens is 238 g/mol. The zero-order chi connectivity index (χ0) is 13.0. The van der Waals surface area contributed by atoms with Gasteiger partial charge in [0, 0.05) is 0 Å². The van der Waals surface area contributed by atoms with Crippen LogP contribution in [0.5, 0.6) is 0 Å². The molecule has 0 amide bonds. The first kappa shape index (κ1) is 16.3. The van der Waals surface area contributed by atoms with Crippen LogP contribution < -0.4 is 2.81 Å². The molecule has 0 atom stereocenters. The third-order valence-electron chi connectivity index (χ3n) is 1.92. The van der Waals surface area contributed by atoms with Gasteiger partial charge in [-0.2, -0.15) is 0 Å². The second-order valence-corrected chi connectivity index (χ2v) is 6.81. The van der Waals surface area contributed by atoms with Gasteiger partial charge in [-0.15, -0.1) is 0 Å². The first-order chi connectivity index (χ1) is 7.00. The van der Waals surface area contributed by atoms with Gasteiger partial charge in [0.15, 0.2) is 0 Å². The van der Waals surface area contributed by atoms with Crippen molar-refractivity contribution in [2.45, 2.75) is 26.2 Å². The molecule has 1 rings (SSSR count). The molecule has 4 nitrogen and oxygen atoms in total. The summed E-state index contributed by atoms with van der Waals surface area (Å²) in [4.78, 5) is 21.6. The molecule has 86 valence electrons. The normalized spacial score (nSPS) is 11.8. The fraction of sp³-hybridized carbons (Fsp3) is 0.400. The molecule has 0 aliphatic rings. The van der Waals surface area contributed by atoms with E-state index in [-0.39, 0.29) is 0 Å². The number of hydrogen-bond donors (Lipinski definition) is 3. The summed E-state index contributed by atoms with van der Waals surface area (Å²) in [7, 11) is -4.64. The molecule has 0 fully saturated rings. The summed E-state index contributed by atoms with van der Waals surface area (Å²) in [6.45, 7) is 6.74. The standard InChI is InChI=1S/C10H13.Na.H3O4P/c1-10(2,3)9-7-5-4-6-8-9;;1-5(2,3)4/h5-8H,1-3H3;;(H3,1,2,3,4). The van der Waals surface area contributed by atoms with Crippen molar-refractivity contribution in [1.82, 2.24) is 0 Å². The van der Waals surface area contributed by atoms with Gasteiger partial charge >= 0.3 is 94.6 Å². The Bertz CT molecular complexity index is 355.